The molecular formula is C10H9FN2S. The number of rotatable bonds is 1. The highest BCUT2D eigenvalue weighted by Crippen LogP contribution is 2.30. The summed E-state index contributed by atoms with van der Waals surface area (Å²) >= 11 is 1.41. The summed E-state index contributed by atoms with van der Waals surface area (Å²) in [4.78, 5) is 5.02. The number of thiazole rings is 1. The Morgan fingerprint density at radius 3 is 2.64 bits per heavy atom. The highest BCUT2D eigenvalue weighted by atomic mass is 32.1. The first-order chi connectivity index (χ1) is 6.68. The van der Waals surface area contributed by atoms with Gasteiger partial charge in [-0.05, 0) is 19.1 Å². The van der Waals surface area contributed by atoms with Crippen molar-refractivity contribution in [3.8, 4) is 10.6 Å². The zero-order chi connectivity index (χ0) is 10.1. The molecular weight excluding hydrogens is 199 g/mol. The van der Waals surface area contributed by atoms with Gasteiger partial charge in [-0.15, -0.1) is 11.3 Å². The van der Waals surface area contributed by atoms with Crippen LogP contribution in [-0.2, 0) is 0 Å². The van der Waals surface area contributed by atoms with Crippen molar-refractivity contribution in [3.05, 3.63) is 35.0 Å². The van der Waals surface area contributed by atoms with Gasteiger partial charge in [0.1, 0.15) is 16.6 Å². The average molecular weight is 208 g/mol. The molecule has 1 aromatic heterocycles. The largest absolute Gasteiger partial charge is 0.383 e. The quantitative estimate of drug-likeness (QED) is 0.782. The van der Waals surface area contributed by atoms with Gasteiger partial charge < -0.3 is 5.73 Å². The number of halogens is 1. The van der Waals surface area contributed by atoms with Crippen molar-refractivity contribution in [2.24, 2.45) is 0 Å². The summed E-state index contributed by atoms with van der Waals surface area (Å²) < 4.78 is 13.3. The van der Waals surface area contributed by atoms with E-state index in [-0.39, 0.29) is 5.82 Å². The molecule has 2 aromatic rings. The number of hydrogen-bond acceptors (Lipinski definition) is 3. The Kier molecular flexibility index (Phi) is 2.21. The van der Waals surface area contributed by atoms with Gasteiger partial charge in [0.25, 0.3) is 0 Å². The van der Waals surface area contributed by atoms with Crippen LogP contribution in [-0.4, -0.2) is 4.98 Å². The van der Waals surface area contributed by atoms with Crippen molar-refractivity contribution in [2.75, 3.05) is 5.73 Å². The lowest BCUT2D eigenvalue weighted by Crippen LogP contribution is -1.87. The summed E-state index contributed by atoms with van der Waals surface area (Å²) in [5.74, 6) is 0.217. The number of anilines is 1. The first-order valence-corrected chi connectivity index (χ1v) is 4.98. The summed E-state index contributed by atoms with van der Waals surface area (Å²) in [5.41, 5.74) is 6.12. The molecule has 0 radical (unpaired) electrons. The van der Waals surface area contributed by atoms with Gasteiger partial charge in [0.05, 0.1) is 0 Å². The average Bonchev–Trinajstić information content (AvgIpc) is 2.48. The molecule has 0 aliphatic carbocycles. The van der Waals surface area contributed by atoms with Crippen LogP contribution in [0.4, 0.5) is 10.2 Å². The van der Waals surface area contributed by atoms with Crippen LogP contribution in [0.1, 0.15) is 4.88 Å². The molecule has 0 saturated carbocycles. The monoisotopic (exact) mass is 208 g/mol. The van der Waals surface area contributed by atoms with Gasteiger partial charge in [0.15, 0.2) is 0 Å². The Bertz CT molecular complexity index is 445. The van der Waals surface area contributed by atoms with Gasteiger partial charge >= 0.3 is 0 Å². The van der Waals surface area contributed by atoms with Crippen LogP contribution >= 0.6 is 11.3 Å². The number of aromatic nitrogens is 1. The van der Waals surface area contributed by atoms with E-state index in [1.165, 1.54) is 17.4 Å². The van der Waals surface area contributed by atoms with Crippen molar-refractivity contribution in [3.63, 3.8) is 0 Å². The molecule has 0 aliphatic heterocycles. The van der Waals surface area contributed by atoms with Gasteiger partial charge in [-0.3, -0.25) is 0 Å². The molecule has 0 atom stereocenters. The minimum absolute atomic E-state index is 0.263. The lowest BCUT2D eigenvalue weighted by atomic mass is 10.2. The topological polar surface area (TPSA) is 38.9 Å². The first kappa shape index (κ1) is 9.15. The van der Waals surface area contributed by atoms with Crippen LogP contribution < -0.4 is 5.73 Å². The maximum absolute atomic E-state index is 13.3. The van der Waals surface area contributed by atoms with E-state index in [4.69, 9.17) is 5.73 Å². The van der Waals surface area contributed by atoms with Crippen LogP contribution in [0.25, 0.3) is 10.6 Å². The van der Waals surface area contributed by atoms with E-state index in [0.717, 1.165) is 4.88 Å². The molecule has 2 rings (SSSR count). The second-order valence-electron chi connectivity index (χ2n) is 2.94. The molecule has 0 fully saturated rings. The second-order valence-corrected chi connectivity index (χ2v) is 4.14. The van der Waals surface area contributed by atoms with E-state index < -0.39 is 0 Å². The van der Waals surface area contributed by atoms with Crippen molar-refractivity contribution >= 4 is 17.2 Å². The zero-order valence-electron chi connectivity index (χ0n) is 7.62. The fraction of sp³-hybridized carbons (Fsp3) is 0.100. The van der Waals surface area contributed by atoms with E-state index in [0.29, 0.717) is 16.4 Å². The third kappa shape index (κ3) is 1.48. The number of nitrogens with two attached hydrogens (primary N) is 1. The van der Waals surface area contributed by atoms with Gasteiger partial charge in [-0.1, -0.05) is 12.1 Å². The number of hydrogen-bond donors (Lipinski definition) is 1. The number of aryl methyl sites for hydroxylation is 1. The van der Waals surface area contributed by atoms with Crippen molar-refractivity contribution in [1.29, 1.82) is 0 Å². The number of nitrogens with zero attached hydrogens (tertiary/aromatic N) is 1. The maximum Gasteiger partial charge on any atom is 0.138 e. The van der Waals surface area contributed by atoms with Crippen LogP contribution in [0.2, 0.25) is 0 Å². The molecule has 72 valence electrons. The first-order valence-electron chi connectivity index (χ1n) is 4.16. The Morgan fingerprint density at radius 2 is 2.07 bits per heavy atom. The lowest BCUT2D eigenvalue weighted by Gasteiger charge is -1.96. The standard InChI is InChI=1S/C10H9FN2S/c1-6-9(12)13-10(14-6)7-4-2-3-5-8(7)11/h2-5H,12H2,1H3. The Hall–Kier alpha value is -1.42. The Balaban J connectivity index is 2.55. The molecule has 1 aromatic carbocycles. The molecule has 0 aliphatic rings. The molecule has 1 heterocycles. The molecule has 0 bridgehead atoms. The summed E-state index contributed by atoms with van der Waals surface area (Å²) in [6.45, 7) is 1.87. The fourth-order valence-corrected chi connectivity index (χ4v) is 2.02. The molecule has 2 nitrogen and oxygen atoms in total. The third-order valence-corrected chi connectivity index (χ3v) is 2.96. The molecule has 4 heteroatoms. The van der Waals surface area contributed by atoms with Crippen LogP contribution in [0.3, 0.4) is 0 Å². The van der Waals surface area contributed by atoms with Crippen molar-refractivity contribution in [2.45, 2.75) is 6.92 Å². The van der Waals surface area contributed by atoms with E-state index >= 15 is 0 Å². The SMILES string of the molecule is Cc1sc(-c2ccccc2F)nc1N. The number of benzene rings is 1. The van der Waals surface area contributed by atoms with Crippen molar-refractivity contribution in [1.82, 2.24) is 4.98 Å². The second kappa shape index (κ2) is 3.38. The highest BCUT2D eigenvalue weighted by molar-refractivity contribution is 7.15. The fourth-order valence-electron chi connectivity index (χ4n) is 1.16. The van der Waals surface area contributed by atoms with E-state index in [9.17, 15) is 4.39 Å². The van der Waals surface area contributed by atoms with E-state index in [1.54, 1.807) is 18.2 Å². The van der Waals surface area contributed by atoms with Crippen LogP contribution in [0.5, 0.6) is 0 Å². The maximum atomic E-state index is 13.3. The summed E-state index contributed by atoms with van der Waals surface area (Å²) in [6, 6.07) is 6.56. The smallest absolute Gasteiger partial charge is 0.138 e. The third-order valence-electron chi connectivity index (χ3n) is 1.94. The van der Waals surface area contributed by atoms with Crippen LogP contribution in [0, 0.1) is 12.7 Å². The minimum Gasteiger partial charge on any atom is -0.383 e. The zero-order valence-corrected chi connectivity index (χ0v) is 8.44. The normalized spacial score (nSPS) is 10.4. The highest BCUT2D eigenvalue weighted by Gasteiger charge is 2.09. The lowest BCUT2D eigenvalue weighted by molar-refractivity contribution is 0.631. The van der Waals surface area contributed by atoms with Gasteiger partial charge in [0, 0.05) is 10.4 Å². The summed E-state index contributed by atoms with van der Waals surface area (Å²) in [5, 5.41) is 0.637. The minimum atomic E-state index is -0.263. The Morgan fingerprint density at radius 1 is 1.36 bits per heavy atom. The summed E-state index contributed by atoms with van der Waals surface area (Å²) in [7, 11) is 0. The Labute approximate surface area is 85.2 Å². The molecule has 0 unspecified atom stereocenters. The van der Waals surface area contributed by atoms with E-state index in [2.05, 4.69) is 4.98 Å². The molecule has 0 spiro atoms. The molecule has 0 saturated heterocycles. The van der Waals surface area contributed by atoms with Crippen molar-refractivity contribution < 1.29 is 4.39 Å². The van der Waals surface area contributed by atoms with Crippen LogP contribution in [0.15, 0.2) is 24.3 Å². The predicted molar refractivity (Wildman–Crippen MR) is 56.7 cm³/mol. The number of nitrogen functional groups attached to an aromatic ring is 1. The van der Waals surface area contributed by atoms with Gasteiger partial charge in [-0.25, -0.2) is 9.37 Å². The molecule has 14 heavy (non-hydrogen) atoms. The molecule has 2 N–H and O–H groups in total. The summed E-state index contributed by atoms with van der Waals surface area (Å²) in [6.07, 6.45) is 0. The predicted octanol–water partition coefficient (Wildman–Crippen LogP) is 2.84. The van der Waals surface area contributed by atoms with Gasteiger partial charge in [0.2, 0.25) is 0 Å². The molecule has 0 amide bonds. The van der Waals surface area contributed by atoms with E-state index in [1.807, 2.05) is 6.92 Å². The van der Waals surface area contributed by atoms with Gasteiger partial charge in [-0.2, -0.15) is 0 Å².